The van der Waals surface area contributed by atoms with E-state index in [1.165, 1.54) is 18.7 Å². The second-order valence-corrected chi connectivity index (χ2v) is 9.40. The van der Waals surface area contributed by atoms with E-state index in [9.17, 15) is 12.8 Å². The molecular formula is C25H24FN5O3S. The molecule has 0 aliphatic rings. The van der Waals surface area contributed by atoms with Crippen LogP contribution in [0.5, 0.6) is 5.75 Å². The quantitative estimate of drug-likeness (QED) is 0.327. The van der Waals surface area contributed by atoms with Crippen LogP contribution in [0.2, 0.25) is 0 Å². The lowest BCUT2D eigenvalue weighted by Crippen LogP contribution is -2.14. The summed E-state index contributed by atoms with van der Waals surface area (Å²) in [5, 5.41) is 11.2. The van der Waals surface area contributed by atoms with Crippen LogP contribution in [0.15, 0.2) is 77.8 Å². The number of sulfonamides is 1. The number of hydrogen-bond acceptors (Lipinski definition) is 7. The van der Waals surface area contributed by atoms with E-state index in [2.05, 4.69) is 32.7 Å². The van der Waals surface area contributed by atoms with E-state index in [-0.39, 0.29) is 22.4 Å². The Bertz CT molecular complexity index is 1450. The van der Waals surface area contributed by atoms with Crippen LogP contribution >= 0.6 is 0 Å². The van der Waals surface area contributed by atoms with Crippen LogP contribution in [0.3, 0.4) is 0 Å². The third-order valence-electron chi connectivity index (χ3n) is 5.22. The number of ether oxygens (including phenoxy) is 1. The van der Waals surface area contributed by atoms with Crippen LogP contribution in [-0.4, -0.2) is 25.5 Å². The number of primary sulfonamides is 1. The number of hydrogen-bond donors (Lipinski definition) is 3. The van der Waals surface area contributed by atoms with Gasteiger partial charge in [0, 0.05) is 11.4 Å². The topological polar surface area (TPSA) is 119 Å². The highest BCUT2D eigenvalue weighted by atomic mass is 32.2. The maximum Gasteiger partial charge on any atom is 0.241 e. The number of halogens is 1. The van der Waals surface area contributed by atoms with Gasteiger partial charge in [-0.25, -0.2) is 22.9 Å². The van der Waals surface area contributed by atoms with E-state index in [0.29, 0.717) is 16.9 Å². The van der Waals surface area contributed by atoms with Crippen molar-refractivity contribution in [2.45, 2.75) is 18.2 Å². The SMILES string of the molecule is COc1c(C)cc(Nc2ncc(F)c(Nc3ccc(Cc4ccccc4)cc3)n2)cc1S(N)(=O)=O. The highest BCUT2D eigenvalue weighted by Crippen LogP contribution is 2.31. The van der Waals surface area contributed by atoms with Gasteiger partial charge in [0.05, 0.1) is 13.3 Å². The maximum atomic E-state index is 14.4. The summed E-state index contributed by atoms with van der Waals surface area (Å²) >= 11 is 0. The number of rotatable bonds is 8. The monoisotopic (exact) mass is 493 g/mol. The molecule has 0 amide bonds. The summed E-state index contributed by atoms with van der Waals surface area (Å²) in [5.41, 5.74) is 3.87. The Morgan fingerprint density at radius 1 is 0.971 bits per heavy atom. The van der Waals surface area contributed by atoms with Gasteiger partial charge in [-0.2, -0.15) is 4.98 Å². The fourth-order valence-electron chi connectivity index (χ4n) is 3.60. The summed E-state index contributed by atoms with van der Waals surface area (Å²) in [6.07, 6.45) is 1.82. The lowest BCUT2D eigenvalue weighted by atomic mass is 10.0. The van der Waals surface area contributed by atoms with Gasteiger partial charge in [-0.1, -0.05) is 42.5 Å². The maximum absolute atomic E-state index is 14.4. The second-order valence-electron chi connectivity index (χ2n) is 7.87. The number of nitrogens with one attached hydrogen (secondary N) is 2. The average Bonchev–Trinajstić information content (AvgIpc) is 2.82. The highest BCUT2D eigenvalue weighted by molar-refractivity contribution is 7.89. The molecule has 1 heterocycles. The number of anilines is 4. The molecule has 4 N–H and O–H groups in total. The van der Waals surface area contributed by atoms with Gasteiger partial charge in [0.2, 0.25) is 16.0 Å². The average molecular weight is 494 g/mol. The molecule has 8 nitrogen and oxygen atoms in total. The van der Waals surface area contributed by atoms with Gasteiger partial charge in [-0.05, 0) is 54.3 Å². The minimum atomic E-state index is -4.04. The standard InChI is InChI=1S/C25H24FN5O3S/c1-16-12-20(14-22(23(16)34-2)35(27,32)33)30-25-28-15-21(26)24(31-25)29-19-10-8-18(9-11-19)13-17-6-4-3-5-7-17/h3-12,14-15H,13H2,1-2H3,(H2,27,32,33)(H2,28,29,30,31). The first-order valence-electron chi connectivity index (χ1n) is 10.6. The summed E-state index contributed by atoms with van der Waals surface area (Å²) < 4.78 is 43.5. The third-order valence-corrected chi connectivity index (χ3v) is 6.14. The summed E-state index contributed by atoms with van der Waals surface area (Å²) in [6.45, 7) is 1.68. The van der Waals surface area contributed by atoms with E-state index < -0.39 is 15.8 Å². The van der Waals surface area contributed by atoms with Gasteiger partial charge in [-0.3, -0.25) is 0 Å². The number of aromatic nitrogens is 2. The molecule has 1 aromatic heterocycles. The van der Waals surface area contributed by atoms with Crippen molar-refractivity contribution in [3.8, 4) is 5.75 Å². The lowest BCUT2D eigenvalue weighted by molar-refractivity contribution is 0.399. The molecule has 180 valence electrons. The predicted octanol–water partition coefficient (Wildman–Crippen LogP) is 4.66. The summed E-state index contributed by atoms with van der Waals surface area (Å²) in [4.78, 5) is 7.97. The molecule has 0 radical (unpaired) electrons. The van der Waals surface area contributed by atoms with E-state index in [1.807, 2.05) is 42.5 Å². The minimum absolute atomic E-state index is 0.0322. The van der Waals surface area contributed by atoms with Crippen LogP contribution in [-0.2, 0) is 16.4 Å². The molecule has 0 fully saturated rings. The van der Waals surface area contributed by atoms with Crippen LogP contribution < -0.4 is 20.5 Å². The van der Waals surface area contributed by atoms with Crippen molar-refractivity contribution < 1.29 is 17.5 Å². The molecule has 0 atom stereocenters. The molecule has 0 aliphatic heterocycles. The van der Waals surface area contributed by atoms with Crippen molar-refractivity contribution in [2.75, 3.05) is 17.7 Å². The fraction of sp³-hybridized carbons (Fsp3) is 0.120. The lowest BCUT2D eigenvalue weighted by Gasteiger charge is -2.14. The van der Waals surface area contributed by atoms with Crippen molar-refractivity contribution in [3.63, 3.8) is 0 Å². The van der Waals surface area contributed by atoms with Gasteiger partial charge in [0.1, 0.15) is 10.6 Å². The van der Waals surface area contributed by atoms with Crippen LogP contribution in [0.4, 0.5) is 27.5 Å². The zero-order valence-electron chi connectivity index (χ0n) is 19.1. The molecule has 3 aromatic carbocycles. The molecular weight excluding hydrogens is 469 g/mol. The number of benzene rings is 3. The highest BCUT2D eigenvalue weighted by Gasteiger charge is 2.19. The van der Waals surface area contributed by atoms with Crippen LogP contribution in [0.25, 0.3) is 0 Å². The first-order chi connectivity index (χ1) is 16.7. The molecule has 0 saturated carbocycles. The van der Waals surface area contributed by atoms with Crippen molar-refractivity contribution in [2.24, 2.45) is 5.14 Å². The van der Waals surface area contributed by atoms with E-state index in [0.717, 1.165) is 18.2 Å². The van der Waals surface area contributed by atoms with E-state index in [1.54, 1.807) is 13.0 Å². The molecule has 0 bridgehead atoms. The predicted molar refractivity (Wildman–Crippen MR) is 133 cm³/mol. The zero-order valence-corrected chi connectivity index (χ0v) is 19.9. The zero-order chi connectivity index (χ0) is 25.0. The number of aryl methyl sites for hydroxylation is 1. The minimum Gasteiger partial charge on any atom is -0.495 e. The Balaban J connectivity index is 1.53. The van der Waals surface area contributed by atoms with Crippen molar-refractivity contribution in [1.29, 1.82) is 0 Å². The molecule has 0 spiro atoms. The Labute approximate surface area is 203 Å². The molecule has 35 heavy (non-hydrogen) atoms. The molecule has 4 aromatic rings. The Kier molecular flexibility index (Phi) is 6.94. The molecule has 0 unspecified atom stereocenters. The van der Waals surface area contributed by atoms with Gasteiger partial charge in [0.25, 0.3) is 0 Å². The third kappa shape index (κ3) is 5.92. The first kappa shape index (κ1) is 24.1. The van der Waals surface area contributed by atoms with Gasteiger partial charge < -0.3 is 15.4 Å². The molecule has 10 heteroatoms. The van der Waals surface area contributed by atoms with Crippen molar-refractivity contribution in [1.82, 2.24) is 9.97 Å². The van der Waals surface area contributed by atoms with Gasteiger partial charge in [0.15, 0.2) is 11.6 Å². The smallest absolute Gasteiger partial charge is 0.241 e. The van der Waals surface area contributed by atoms with Crippen LogP contribution in [0.1, 0.15) is 16.7 Å². The van der Waals surface area contributed by atoms with Crippen LogP contribution in [0, 0.1) is 12.7 Å². The molecule has 0 saturated heterocycles. The number of methoxy groups -OCH3 is 1. The van der Waals surface area contributed by atoms with E-state index in [4.69, 9.17) is 9.88 Å². The largest absolute Gasteiger partial charge is 0.495 e. The van der Waals surface area contributed by atoms with Gasteiger partial charge >= 0.3 is 0 Å². The second kappa shape index (κ2) is 10.1. The normalized spacial score (nSPS) is 11.2. The summed E-state index contributed by atoms with van der Waals surface area (Å²) in [7, 11) is -2.68. The van der Waals surface area contributed by atoms with Crippen molar-refractivity contribution in [3.05, 3.63) is 95.4 Å². The number of nitrogens with zero attached hydrogens (tertiary/aromatic N) is 2. The first-order valence-corrected chi connectivity index (χ1v) is 12.2. The Morgan fingerprint density at radius 3 is 2.31 bits per heavy atom. The Hall–Kier alpha value is -4.02. The fourth-order valence-corrected chi connectivity index (χ4v) is 4.40. The summed E-state index contributed by atoms with van der Waals surface area (Å²) in [6, 6.07) is 20.7. The molecule has 0 aliphatic carbocycles. The number of nitrogens with two attached hydrogens (primary N) is 1. The van der Waals surface area contributed by atoms with E-state index >= 15 is 0 Å². The van der Waals surface area contributed by atoms with Gasteiger partial charge in [-0.15, -0.1) is 0 Å². The molecule has 4 rings (SSSR count). The summed E-state index contributed by atoms with van der Waals surface area (Å²) in [5.74, 6) is -0.453. The Morgan fingerprint density at radius 2 is 1.66 bits per heavy atom. The van der Waals surface area contributed by atoms with Crippen molar-refractivity contribution >= 4 is 33.2 Å².